The van der Waals surface area contributed by atoms with Gasteiger partial charge in [-0.3, -0.25) is 4.79 Å². The number of hydrogen-bond donors (Lipinski definition) is 0. The number of thiophene rings is 1. The van der Waals surface area contributed by atoms with Crippen molar-refractivity contribution in [1.82, 2.24) is 4.90 Å². The molecule has 1 heterocycles. The summed E-state index contributed by atoms with van der Waals surface area (Å²) in [5.41, 5.74) is 3.35. The Balaban J connectivity index is 2.06. The summed E-state index contributed by atoms with van der Waals surface area (Å²) in [6.45, 7) is 7.22. The molecule has 2 rings (SSSR count). The zero-order valence-corrected chi connectivity index (χ0v) is 15.2. The first-order valence-corrected chi connectivity index (χ1v) is 8.53. The minimum Gasteiger partial charge on any atom is -0.337 e. The number of benzene rings is 1. The second-order valence-electron chi connectivity index (χ2n) is 6.25. The molecule has 0 radical (unpaired) electrons. The Kier molecular flexibility index (Phi) is 4.89. The molecule has 0 atom stereocenters. The molecule has 0 N–H and O–H groups in total. The lowest BCUT2D eigenvalue weighted by atomic mass is 9.87. The molecule has 0 saturated carbocycles. The van der Waals surface area contributed by atoms with Crippen molar-refractivity contribution in [2.75, 3.05) is 7.05 Å². The van der Waals surface area contributed by atoms with Crippen LogP contribution in [0.1, 0.15) is 42.3 Å². The summed E-state index contributed by atoms with van der Waals surface area (Å²) in [4.78, 5) is 14.1. The number of hydrogen-bond acceptors (Lipinski definition) is 2. The molecule has 4 heteroatoms. The van der Waals surface area contributed by atoms with E-state index in [2.05, 4.69) is 61.0 Å². The minimum absolute atomic E-state index is 0.0526. The standard InChI is InChI=1S/C17H20BrNOS/c1-17(2,3)14-7-5-12(6-8-14)10-19(4)16(20)13-9-15(18)21-11-13/h5-9,11H,10H2,1-4H3. The Bertz CT molecular complexity index is 625. The number of rotatable bonds is 3. The van der Waals surface area contributed by atoms with E-state index in [4.69, 9.17) is 0 Å². The molecule has 21 heavy (non-hydrogen) atoms. The van der Waals surface area contributed by atoms with E-state index in [1.807, 2.05) is 18.5 Å². The van der Waals surface area contributed by atoms with E-state index in [-0.39, 0.29) is 11.3 Å². The Hall–Kier alpha value is -1.13. The molecule has 1 aromatic heterocycles. The van der Waals surface area contributed by atoms with Gasteiger partial charge < -0.3 is 4.90 Å². The van der Waals surface area contributed by atoms with Gasteiger partial charge in [-0.05, 0) is 38.5 Å². The highest BCUT2D eigenvalue weighted by Crippen LogP contribution is 2.24. The molecule has 112 valence electrons. The van der Waals surface area contributed by atoms with Gasteiger partial charge in [0.05, 0.1) is 9.35 Å². The topological polar surface area (TPSA) is 20.3 Å². The van der Waals surface area contributed by atoms with Gasteiger partial charge in [-0.25, -0.2) is 0 Å². The van der Waals surface area contributed by atoms with Crippen molar-refractivity contribution in [3.8, 4) is 0 Å². The average molecular weight is 366 g/mol. The lowest BCUT2D eigenvalue weighted by Gasteiger charge is -2.20. The van der Waals surface area contributed by atoms with E-state index in [0.717, 1.165) is 14.9 Å². The van der Waals surface area contributed by atoms with Crippen LogP contribution >= 0.6 is 27.3 Å². The summed E-state index contributed by atoms with van der Waals surface area (Å²) < 4.78 is 0.980. The van der Waals surface area contributed by atoms with Crippen molar-refractivity contribution in [2.24, 2.45) is 0 Å². The van der Waals surface area contributed by atoms with Gasteiger partial charge in [0.25, 0.3) is 5.91 Å². The summed E-state index contributed by atoms with van der Waals surface area (Å²) in [7, 11) is 1.84. The van der Waals surface area contributed by atoms with Gasteiger partial charge in [-0.1, -0.05) is 45.0 Å². The molecule has 0 aliphatic heterocycles. The van der Waals surface area contributed by atoms with Crippen LogP contribution < -0.4 is 0 Å². The molecule has 0 saturated heterocycles. The van der Waals surface area contributed by atoms with E-state index >= 15 is 0 Å². The van der Waals surface area contributed by atoms with Crippen LogP contribution in [0.3, 0.4) is 0 Å². The summed E-state index contributed by atoms with van der Waals surface area (Å²) >= 11 is 4.92. The van der Waals surface area contributed by atoms with Crippen molar-refractivity contribution in [1.29, 1.82) is 0 Å². The van der Waals surface area contributed by atoms with Crippen molar-refractivity contribution in [3.63, 3.8) is 0 Å². The third-order valence-electron chi connectivity index (χ3n) is 3.40. The van der Waals surface area contributed by atoms with Crippen LogP contribution in [0.25, 0.3) is 0 Å². The summed E-state index contributed by atoms with van der Waals surface area (Å²) in [6, 6.07) is 10.4. The predicted molar refractivity (Wildman–Crippen MR) is 93.0 cm³/mol. The zero-order chi connectivity index (χ0) is 15.6. The highest BCUT2D eigenvalue weighted by molar-refractivity contribution is 9.11. The lowest BCUT2D eigenvalue weighted by molar-refractivity contribution is 0.0785. The molecular weight excluding hydrogens is 346 g/mol. The van der Waals surface area contributed by atoms with Gasteiger partial charge in [0.1, 0.15) is 0 Å². The highest BCUT2D eigenvalue weighted by atomic mass is 79.9. The van der Waals surface area contributed by atoms with Crippen molar-refractivity contribution in [2.45, 2.75) is 32.7 Å². The molecule has 0 aliphatic rings. The molecule has 0 aliphatic carbocycles. The van der Waals surface area contributed by atoms with Crippen LogP contribution in [0.5, 0.6) is 0 Å². The van der Waals surface area contributed by atoms with Gasteiger partial charge >= 0.3 is 0 Å². The van der Waals surface area contributed by atoms with E-state index in [9.17, 15) is 4.79 Å². The third-order valence-corrected chi connectivity index (χ3v) is 4.91. The largest absolute Gasteiger partial charge is 0.337 e. The third kappa shape index (κ3) is 4.17. The van der Waals surface area contributed by atoms with Gasteiger partial charge in [-0.15, -0.1) is 11.3 Å². The lowest BCUT2D eigenvalue weighted by Crippen LogP contribution is -2.25. The highest BCUT2D eigenvalue weighted by Gasteiger charge is 2.15. The Morgan fingerprint density at radius 1 is 1.24 bits per heavy atom. The fourth-order valence-electron chi connectivity index (χ4n) is 2.10. The van der Waals surface area contributed by atoms with Crippen LogP contribution in [-0.4, -0.2) is 17.9 Å². The van der Waals surface area contributed by atoms with E-state index in [1.54, 1.807) is 4.90 Å². The minimum atomic E-state index is 0.0526. The first-order valence-electron chi connectivity index (χ1n) is 6.86. The number of carbonyl (C=O) groups excluding carboxylic acids is 1. The number of amides is 1. The number of nitrogens with zero attached hydrogens (tertiary/aromatic N) is 1. The predicted octanol–water partition coefficient (Wildman–Crippen LogP) is 5.08. The van der Waals surface area contributed by atoms with Crippen molar-refractivity contribution in [3.05, 3.63) is 56.2 Å². The van der Waals surface area contributed by atoms with Crippen molar-refractivity contribution < 1.29 is 4.79 Å². The summed E-state index contributed by atoms with van der Waals surface area (Å²) in [5, 5.41) is 1.88. The van der Waals surface area contributed by atoms with E-state index in [1.165, 1.54) is 16.9 Å². The van der Waals surface area contributed by atoms with Gasteiger partial charge in [-0.2, -0.15) is 0 Å². The monoisotopic (exact) mass is 365 g/mol. The first kappa shape index (κ1) is 16.2. The SMILES string of the molecule is CN(Cc1ccc(C(C)(C)C)cc1)C(=O)c1csc(Br)c1. The molecular formula is C17H20BrNOS. The molecule has 0 spiro atoms. The van der Waals surface area contributed by atoms with E-state index < -0.39 is 0 Å². The molecule has 1 amide bonds. The molecule has 0 bridgehead atoms. The average Bonchev–Trinajstić information content (AvgIpc) is 2.84. The van der Waals surface area contributed by atoms with Gasteiger partial charge in [0.2, 0.25) is 0 Å². The van der Waals surface area contributed by atoms with Crippen molar-refractivity contribution >= 4 is 33.2 Å². The molecule has 1 aromatic carbocycles. The molecule has 2 aromatic rings. The van der Waals surface area contributed by atoms with E-state index in [0.29, 0.717) is 6.54 Å². The van der Waals surface area contributed by atoms with Crippen LogP contribution in [0, 0.1) is 0 Å². The summed E-state index contributed by atoms with van der Waals surface area (Å²) in [6.07, 6.45) is 0. The maximum atomic E-state index is 12.3. The Morgan fingerprint density at radius 3 is 2.33 bits per heavy atom. The summed E-state index contributed by atoms with van der Waals surface area (Å²) in [5.74, 6) is 0.0526. The maximum absolute atomic E-state index is 12.3. The second-order valence-corrected chi connectivity index (χ2v) is 8.54. The van der Waals surface area contributed by atoms with Crippen LogP contribution in [0.15, 0.2) is 39.5 Å². The first-order chi connectivity index (χ1) is 9.77. The maximum Gasteiger partial charge on any atom is 0.254 e. The smallest absolute Gasteiger partial charge is 0.254 e. The van der Waals surface area contributed by atoms with Gasteiger partial charge in [0.15, 0.2) is 0 Å². The van der Waals surface area contributed by atoms with Crippen LogP contribution in [-0.2, 0) is 12.0 Å². The Morgan fingerprint density at radius 2 is 1.86 bits per heavy atom. The quantitative estimate of drug-likeness (QED) is 0.742. The fraction of sp³-hybridized carbons (Fsp3) is 0.353. The second kappa shape index (κ2) is 6.32. The zero-order valence-electron chi connectivity index (χ0n) is 12.8. The van der Waals surface area contributed by atoms with Crippen LogP contribution in [0.2, 0.25) is 0 Å². The molecule has 0 fully saturated rings. The normalized spacial score (nSPS) is 11.5. The van der Waals surface area contributed by atoms with Crippen LogP contribution in [0.4, 0.5) is 0 Å². The number of carbonyl (C=O) groups is 1. The number of halogens is 1. The molecule has 2 nitrogen and oxygen atoms in total. The Labute approximate surface area is 138 Å². The molecule has 0 unspecified atom stereocenters. The fourth-order valence-corrected chi connectivity index (χ4v) is 3.23. The van der Waals surface area contributed by atoms with Gasteiger partial charge in [0, 0.05) is 19.0 Å².